The van der Waals surface area contributed by atoms with Gasteiger partial charge in [-0.2, -0.15) is 0 Å². The number of hydrogen-bond donors (Lipinski definition) is 2. The molecule has 0 spiro atoms. The van der Waals surface area contributed by atoms with Gasteiger partial charge in [0.1, 0.15) is 5.82 Å². The summed E-state index contributed by atoms with van der Waals surface area (Å²) in [5.41, 5.74) is 1.65. The Balaban J connectivity index is 2.33. The van der Waals surface area contributed by atoms with Gasteiger partial charge in [0.05, 0.1) is 10.9 Å². The Morgan fingerprint density at radius 1 is 1.35 bits per heavy atom. The minimum atomic E-state index is -3.56. The zero-order chi connectivity index (χ0) is 14.8. The molecule has 108 valence electrons. The van der Waals surface area contributed by atoms with Gasteiger partial charge in [-0.3, -0.25) is 0 Å². The minimum Gasteiger partial charge on any atom is -0.347 e. The zero-order valence-electron chi connectivity index (χ0n) is 11.8. The number of aromatic nitrogens is 2. The van der Waals surface area contributed by atoms with Crippen LogP contribution in [0.3, 0.4) is 0 Å². The molecule has 0 fully saturated rings. The van der Waals surface area contributed by atoms with Crippen LogP contribution >= 0.6 is 0 Å². The molecule has 6 heteroatoms. The third kappa shape index (κ3) is 3.08. The molecule has 2 rings (SSSR count). The number of aryl methyl sites for hydroxylation is 2. The Bertz CT molecular complexity index is 678. The lowest BCUT2D eigenvalue weighted by Gasteiger charge is -2.16. The molecule has 0 radical (unpaired) electrons. The lowest BCUT2D eigenvalue weighted by atomic mass is 10.2. The first kappa shape index (κ1) is 14.7. The van der Waals surface area contributed by atoms with Crippen LogP contribution in [0.5, 0.6) is 0 Å². The first-order chi connectivity index (χ1) is 9.44. The molecule has 0 aliphatic rings. The predicted molar refractivity (Wildman–Crippen MR) is 77.9 cm³/mol. The highest BCUT2D eigenvalue weighted by atomic mass is 32.2. The van der Waals surface area contributed by atoms with Crippen molar-refractivity contribution < 1.29 is 8.42 Å². The zero-order valence-corrected chi connectivity index (χ0v) is 12.7. The van der Waals surface area contributed by atoms with E-state index in [-0.39, 0.29) is 6.04 Å². The molecule has 0 saturated carbocycles. The van der Waals surface area contributed by atoms with Gasteiger partial charge in [0.15, 0.2) is 0 Å². The van der Waals surface area contributed by atoms with Crippen molar-refractivity contribution in [3.63, 3.8) is 0 Å². The van der Waals surface area contributed by atoms with Crippen LogP contribution in [0.25, 0.3) is 0 Å². The number of imidazole rings is 1. The van der Waals surface area contributed by atoms with E-state index in [1.807, 2.05) is 26.0 Å². The summed E-state index contributed by atoms with van der Waals surface area (Å²) in [4.78, 5) is 7.39. The molecule has 0 amide bonds. The number of sulfonamides is 1. The van der Waals surface area contributed by atoms with Gasteiger partial charge in [0.2, 0.25) is 10.0 Å². The van der Waals surface area contributed by atoms with Gasteiger partial charge in [0, 0.05) is 12.4 Å². The third-order valence-corrected chi connectivity index (χ3v) is 4.80. The summed E-state index contributed by atoms with van der Waals surface area (Å²) in [7, 11) is -3.56. The fourth-order valence-corrected chi connectivity index (χ4v) is 3.66. The number of hydrogen-bond acceptors (Lipinski definition) is 3. The van der Waals surface area contributed by atoms with Crippen molar-refractivity contribution in [3.05, 3.63) is 47.5 Å². The van der Waals surface area contributed by atoms with Crippen LogP contribution in [0.1, 0.15) is 36.3 Å². The quantitative estimate of drug-likeness (QED) is 0.889. The van der Waals surface area contributed by atoms with Crippen molar-refractivity contribution in [3.8, 4) is 0 Å². The summed E-state index contributed by atoms with van der Waals surface area (Å²) in [5, 5.41) is 0. The summed E-state index contributed by atoms with van der Waals surface area (Å²) in [6.45, 7) is 5.59. The van der Waals surface area contributed by atoms with E-state index in [9.17, 15) is 8.42 Å². The van der Waals surface area contributed by atoms with E-state index in [1.54, 1.807) is 25.4 Å². The van der Waals surface area contributed by atoms with Gasteiger partial charge in [-0.15, -0.1) is 0 Å². The topological polar surface area (TPSA) is 74.8 Å². The summed E-state index contributed by atoms with van der Waals surface area (Å²) < 4.78 is 27.7. The first-order valence-corrected chi connectivity index (χ1v) is 8.01. The second-order valence-corrected chi connectivity index (χ2v) is 6.51. The molecule has 0 bridgehead atoms. The van der Waals surface area contributed by atoms with Crippen LogP contribution in [0.2, 0.25) is 0 Å². The molecule has 5 nitrogen and oxygen atoms in total. The van der Waals surface area contributed by atoms with Crippen molar-refractivity contribution >= 4 is 10.0 Å². The maximum atomic E-state index is 12.5. The number of H-pyrrole nitrogens is 1. The van der Waals surface area contributed by atoms with Crippen molar-refractivity contribution in [2.24, 2.45) is 0 Å². The van der Waals surface area contributed by atoms with Gasteiger partial charge < -0.3 is 4.98 Å². The molecule has 2 N–H and O–H groups in total. The fraction of sp³-hybridized carbons (Fsp3) is 0.357. The number of nitrogens with zero attached hydrogens (tertiary/aromatic N) is 1. The summed E-state index contributed by atoms with van der Waals surface area (Å²) >= 11 is 0. The second kappa shape index (κ2) is 5.76. The molecule has 2 aromatic rings. The largest absolute Gasteiger partial charge is 0.347 e. The van der Waals surface area contributed by atoms with Gasteiger partial charge in [-0.25, -0.2) is 18.1 Å². The van der Waals surface area contributed by atoms with Gasteiger partial charge >= 0.3 is 0 Å². The highest BCUT2D eigenvalue weighted by molar-refractivity contribution is 7.89. The summed E-state index contributed by atoms with van der Waals surface area (Å²) in [6, 6.07) is 5.05. The fourth-order valence-electron chi connectivity index (χ4n) is 2.05. The Morgan fingerprint density at radius 3 is 2.70 bits per heavy atom. The van der Waals surface area contributed by atoms with Crippen molar-refractivity contribution in [1.29, 1.82) is 0 Å². The van der Waals surface area contributed by atoms with Crippen molar-refractivity contribution in [2.45, 2.75) is 38.1 Å². The lowest BCUT2D eigenvalue weighted by Crippen LogP contribution is -2.29. The highest BCUT2D eigenvalue weighted by Gasteiger charge is 2.23. The smallest absolute Gasteiger partial charge is 0.241 e. The molecule has 1 atom stereocenters. The van der Waals surface area contributed by atoms with Crippen LogP contribution in [-0.2, 0) is 10.0 Å². The molecule has 1 unspecified atom stereocenters. The standard InChI is InChI=1S/C14H19N3O2S/c1-4-12(14-15-7-8-16-14)17-20(18,19)13-9-10(2)5-6-11(13)3/h5-9,12,17H,4H2,1-3H3,(H,15,16). The van der Waals surface area contributed by atoms with E-state index >= 15 is 0 Å². The van der Waals surface area contributed by atoms with E-state index in [0.717, 1.165) is 11.1 Å². The molecule has 0 saturated heterocycles. The number of rotatable bonds is 5. The SMILES string of the molecule is CCC(NS(=O)(=O)c1cc(C)ccc1C)c1ncc[nH]1. The van der Waals surface area contributed by atoms with Crippen molar-refractivity contribution in [1.82, 2.24) is 14.7 Å². The van der Waals surface area contributed by atoms with E-state index < -0.39 is 10.0 Å². The van der Waals surface area contributed by atoms with Gasteiger partial charge in [0.25, 0.3) is 0 Å². The Labute approximate surface area is 119 Å². The third-order valence-electron chi connectivity index (χ3n) is 3.19. The first-order valence-electron chi connectivity index (χ1n) is 6.53. The Hall–Kier alpha value is -1.66. The maximum absolute atomic E-state index is 12.5. The van der Waals surface area contributed by atoms with E-state index in [0.29, 0.717) is 17.1 Å². The van der Waals surface area contributed by atoms with Crippen LogP contribution in [-0.4, -0.2) is 18.4 Å². The molecule has 20 heavy (non-hydrogen) atoms. The number of benzene rings is 1. The minimum absolute atomic E-state index is 0.322. The average Bonchev–Trinajstić information content (AvgIpc) is 2.92. The normalized spacial score (nSPS) is 13.3. The van der Waals surface area contributed by atoms with E-state index in [4.69, 9.17) is 0 Å². The molecular formula is C14H19N3O2S. The Kier molecular flexibility index (Phi) is 4.25. The molecular weight excluding hydrogens is 274 g/mol. The summed E-state index contributed by atoms with van der Waals surface area (Å²) in [6.07, 6.45) is 3.92. The van der Waals surface area contributed by atoms with Crippen LogP contribution in [0.4, 0.5) is 0 Å². The van der Waals surface area contributed by atoms with Crippen LogP contribution < -0.4 is 4.72 Å². The van der Waals surface area contributed by atoms with E-state index in [2.05, 4.69) is 14.7 Å². The molecule has 1 heterocycles. The molecule has 0 aliphatic carbocycles. The maximum Gasteiger partial charge on any atom is 0.241 e. The van der Waals surface area contributed by atoms with Gasteiger partial charge in [-0.1, -0.05) is 19.1 Å². The average molecular weight is 293 g/mol. The number of aromatic amines is 1. The van der Waals surface area contributed by atoms with Crippen LogP contribution in [0, 0.1) is 13.8 Å². The summed E-state index contributed by atoms with van der Waals surface area (Å²) in [5.74, 6) is 0.626. The lowest BCUT2D eigenvalue weighted by molar-refractivity contribution is 0.539. The van der Waals surface area contributed by atoms with E-state index in [1.165, 1.54) is 0 Å². The number of nitrogens with one attached hydrogen (secondary N) is 2. The molecule has 1 aromatic carbocycles. The predicted octanol–water partition coefficient (Wildman–Crippen LogP) is 2.46. The monoisotopic (exact) mass is 293 g/mol. The van der Waals surface area contributed by atoms with Crippen molar-refractivity contribution in [2.75, 3.05) is 0 Å². The van der Waals surface area contributed by atoms with Gasteiger partial charge in [-0.05, 0) is 37.5 Å². The molecule has 1 aromatic heterocycles. The highest BCUT2D eigenvalue weighted by Crippen LogP contribution is 2.20. The van der Waals surface area contributed by atoms with Crippen LogP contribution in [0.15, 0.2) is 35.5 Å². The molecule has 0 aliphatic heterocycles. The Morgan fingerprint density at radius 2 is 2.10 bits per heavy atom. The second-order valence-electron chi connectivity index (χ2n) is 4.83.